The van der Waals surface area contributed by atoms with Crippen molar-refractivity contribution in [3.63, 3.8) is 0 Å². The van der Waals surface area contributed by atoms with Crippen molar-refractivity contribution in [3.05, 3.63) is 29.3 Å². The van der Waals surface area contributed by atoms with Crippen LogP contribution in [0.5, 0.6) is 5.75 Å². The first-order chi connectivity index (χ1) is 13.9. The topological polar surface area (TPSA) is 134 Å². The number of esters is 1. The van der Waals surface area contributed by atoms with Gasteiger partial charge in [-0.05, 0) is 33.3 Å². The second kappa shape index (κ2) is 10.5. The number of hydrogen-bond acceptors (Lipinski definition) is 7. The maximum atomic E-state index is 12.8. The number of benzene rings is 1. The third kappa shape index (κ3) is 7.26. The smallest absolute Gasteiger partial charge is 0.408 e. The molecule has 1 aromatic rings. The van der Waals surface area contributed by atoms with Crippen LogP contribution >= 0.6 is 0 Å². The number of amides is 3. The van der Waals surface area contributed by atoms with Gasteiger partial charge in [-0.25, -0.2) is 4.79 Å². The highest BCUT2D eigenvalue weighted by molar-refractivity contribution is 5.92. The second-order valence-electron chi connectivity index (χ2n) is 7.57. The van der Waals surface area contributed by atoms with Gasteiger partial charge in [0.1, 0.15) is 30.5 Å². The maximum Gasteiger partial charge on any atom is 0.408 e. The number of hydrogen-bond donors (Lipinski definition) is 3. The monoisotopic (exact) mass is 423 g/mol. The molecule has 166 valence electrons. The lowest BCUT2D eigenvalue weighted by molar-refractivity contribution is -0.143. The summed E-state index contributed by atoms with van der Waals surface area (Å²) in [5, 5.41) is 15.1. The SMILES string of the molecule is COC(=O)CNC(=O)C(c1cccc(C)c1O)N(C)C(=O)CNC(=O)OC(C)(C)C. The lowest BCUT2D eigenvalue weighted by Gasteiger charge is -2.28. The number of phenols is 1. The first-order valence-electron chi connectivity index (χ1n) is 9.23. The Labute approximate surface area is 175 Å². The molecule has 0 saturated carbocycles. The summed E-state index contributed by atoms with van der Waals surface area (Å²) in [7, 11) is 2.53. The third-order valence-corrected chi connectivity index (χ3v) is 4.01. The highest BCUT2D eigenvalue weighted by Gasteiger charge is 2.31. The Balaban J connectivity index is 3.04. The van der Waals surface area contributed by atoms with Crippen LogP contribution in [0.25, 0.3) is 0 Å². The summed E-state index contributed by atoms with van der Waals surface area (Å²) in [5.41, 5.74) is -0.0561. The number of nitrogens with zero attached hydrogens (tertiary/aromatic N) is 1. The second-order valence-corrected chi connectivity index (χ2v) is 7.57. The lowest BCUT2D eigenvalue weighted by atomic mass is 10.0. The molecule has 0 aliphatic carbocycles. The minimum Gasteiger partial charge on any atom is -0.507 e. The predicted octanol–water partition coefficient (Wildman–Crippen LogP) is 1.01. The number of para-hydroxylation sites is 1. The Bertz CT molecular complexity index is 802. The van der Waals surface area contributed by atoms with Crippen molar-refractivity contribution in [2.75, 3.05) is 27.2 Å². The molecular formula is C20H29N3O7. The van der Waals surface area contributed by atoms with Gasteiger partial charge in [-0.1, -0.05) is 18.2 Å². The first-order valence-corrected chi connectivity index (χ1v) is 9.23. The molecule has 0 heterocycles. The van der Waals surface area contributed by atoms with Gasteiger partial charge >= 0.3 is 12.1 Å². The van der Waals surface area contributed by atoms with Gasteiger partial charge in [-0.2, -0.15) is 0 Å². The van der Waals surface area contributed by atoms with Crippen LogP contribution in [0.2, 0.25) is 0 Å². The number of nitrogens with one attached hydrogen (secondary N) is 2. The normalized spacial score (nSPS) is 11.8. The van der Waals surface area contributed by atoms with Crippen LogP contribution in [0.3, 0.4) is 0 Å². The van der Waals surface area contributed by atoms with Crippen molar-refractivity contribution < 1.29 is 33.8 Å². The van der Waals surface area contributed by atoms with Gasteiger partial charge in [0.05, 0.1) is 7.11 Å². The van der Waals surface area contributed by atoms with E-state index in [2.05, 4.69) is 15.4 Å². The molecule has 10 heteroatoms. The van der Waals surface area contributed by atoms with E-state index in [0.717, 1.165) is 4.90 Å². The van der Waals surface area contributed by atoms with E-state index in [0.29, 0.717) is 5.56 Å². The fourth-order valence-corrected chi connectivity index (χ4v) is 2.49. The molecule has 0 aliphatic heterocycles. The molecule has 0 fully saturated rings. The number of alkyl carbamates (subject to hydrolysis) is 1. The van der Waals surface area contributed by atoms with Gasteiger partial charge in [0.2, 0.25) is 11.8 Å². The predicted molar refractivity (Wildman–Crippen MR) is 108 cm³/mol. The number of carbonyl (C=O) groups is 4. The molecule has 10 nitrogen and oxygen atoms in total. The van der Waals surface area contributed by atoms with Crippen molar-refractivity contribution in [3.8, 4) is 5.75 Å². The van der Waals surface area contributed by atoms with E-state index in [1.54, 1.807) is 39.8 Å². The molecule has 0 radical (unpaired) electrons. The van der Waals surface area contributed by atoms with Crippen molar-refractivity contribution in [1.82, 2.24) is 15.5 Å². The van der Waals surface area contributed by atoms with Gasteiger partial charge in [0.25, 0.3) is 0 Å². The minimum absolute atomic E-state index is 0.157. The molecule has 1 unspecified atom stereocenters. The Morgan fingerprint density at radius 3 is 2.33 bits per heavy atom. The van der Waals surface area contributed by atoms with E-state index in [1.807, 2.05) is 0 Å². The van der Waals surface area contributed by atoms with Crippen molar-refractivity contribution in [2.45, 2.75) is 39.3 Å². The van der Waals surface area contributed by atoms with Crippen molar-refractivity contribution >= 4 is 23.9 Å². The van der Waals surface area contributed by atoms with E-state index < -0.39 is 48.6 Å². The van der Waals surface area contributed by atoms with Crippen LogP contribution in [0.15, 0.2) is 18.2 Å². The zero-order valence-electron chi connectivity index (χ0n) is 18.1. The van der Waals surface area contributed by atoms with Gasteiger partial charge in [0, 0.05) is 12.6 Å². The quantitative estimate of drug-likeness (QED) is 0.557. The van der Waals surface area contributed by atoms with Crippen molar-refractivity contribution in [2.24, 2.45) is 0 Å². The number of methoxy groups -OCH3 is 1. The Hall–Kier alpha value is -3.30. The number of rotatable bonds is 7. The number of likely N-dealkylation sites (N-methyl/N-ethyl adjacent to an activating group) is 1. The molecule has 0 saturated heterocycles. The highest BCUT2D eigenvalue weighted by Crippen LogP contribution is 2.31. The maximum absolute atomic E-state index is 12.8. The molecule has 1 aromatic carbocycles. The highest BCUT2D eigenvalue weighted by atomic mass is 16.6. The van der Waals surface area contributed by atoms with E-state index >= 15 is 0 Å². The summed E-state index contributed by atoms with van der Waals surface area (Å²) in [4.78, 5) is 49.6. The average molecular weight is 423 g/mol. The summed E-state index contributed by atoms with van der Waals surface area (Å²) in [5.74, 6) is -2.14. The molecule has 0 aromatic heterocycles. The summed E-state index contributed by atoms with van der Waals surface area (Å²) in [6.07, 6.45) is -0.783. The number of aromatic hydroxyl groups is 1. The van der Waals surface area contributed by atoms with E-state index in [9.17, 15) is 24.3 Å². The fourth-order valence-electron chi connectivity index (χ4n) is 2.49. The Morgan fingerprint density at radius 1 is 1.13 bits per heavy atom. The number of ether oxygens (including phenoxy) is 2. The summed E-state index contributed by atoms with van der Waals surface area (Å²) in [6, 6.07) is 3.52. The number of carbonyl (C=O) groups excluding carboxylic acids is 4. The number of aryl methyl sites for hydroxylation is 1. The standard InChI is InChI=1S/C20H29N3O7/c1-12-8-7-9-13(17(12)26)16(18(27)21-11-15(25)29-6)23(5)14(24)10-22-19(28)30-20(2,3)4/h7-9,16,26H,10-11H2,1-6H3,(H,21,27)(H,22,28). The summed E-state index contributed by atoms with van der Waals surface area (Å²) < 4.78 is 9.58. The Morgan fingerprint density at radius 2 is 1.77 bits per heavy atom. The van der Waals surface area contributed by atoms with Gasteiger partial charge in [0.15, 0.2) is 0 Å². The number of phenolic OH excluding ortho intramolecular Hbond substituents is 1. The summed E-state index contributed by atoms with van der Waals surface area (Å²) in [6.45, 7) is 5.86. The lowest BCUT2D eigenvalue weighted by Crippen LogP contribution is -2.46. The average Bonchev–Trinajstić information content (AvgIpc) is 2.66. The summed E-state index contributed by atoms with van der Waals surface area (Å²) >= 11 is 0. The van der Waals surface area contributed by atoms with Crippen LogP contribution in [0.1, 0.15) is 37.9 Å². The van der Waals surface area contributed by atoms with Crippen molar-refractivity contribution in [1.29, 1.82) is 0 Å². The van der Waals surface area contributed by atoms with Gasteiger partial charge in [-0.15, -0.1) is 0 Å². The Kier molecular flexibility index (Phi) is 8.63. The molecule has 30 heavy (non-hydrogen) atoms. The molecule has 0 spiro atoms. The zero-order chi connectivity index (χ0) is 23.1. The van der Waals surface area contributed by atoms with Crippen LogP contribution in [0, 0.1) is 6.92 Å². The molecule has 0 aliphatic rings. The largest absolute Gasteiger partial charge is 0.507 e. The molecule has 3 amide bonds. The van der Waals surface area contributed by atoms with Crippen LogP contribution in [0.4, 0.5) is 4.79 Å². The zero-order valence-corrected chi connectivity index (χ0v) is 18.1. The van der Waals surface area contributed by atoms with Crippen LogP contribution in [-0.4, -0.2) is 66.7 Å². The minimum atomic E-state index is -1.25. The van der Waals surface area contributed by atoms with E-state index in [4.69, 9.17) is 4.74 Å². The van der Waals surface area contributed by atoms with E-state index in [-0.39, 0.29) is 11.3 Å². The third-order valence-electron chi connectivity index (χ3n) is 4.01. The molecule has 1 rings (SSSR count). The van der Waals surface area contributed by atoms with Crippen LogP contribution in [-0.2, 0) is 23.9 Å². The van der Waals surface area contributed by atoms with Gasteiger partial charge in [-0.3, -0.25) is 14.4 Å². The molecule has 1 atom stereocenters. The molecule has 0 bridgehead atoms. The molecule has 3 N–H and O–H groups in total. The fraction of sp³-hybridized carbons (Fsp3) is 0.500. The first kappa shape index (κ1) is 24.7. The van der Waals surface area contributed by atoms with Gasteiger partial charge < -0.3 is 30.1 Å². The van der Waals surface area contributed by atoms with E-state index in [1.165, 1.54) is 20.2 Å². The van der Waals surface area contributed by atoms with Crippen LogP contribution < -0.4 is 10.6 Å². The molecular weight excluding hydrogens is 394 g/mol.